The van der Waals surface area contributed by atoms with Crippen LogP contribution in [-0.4, -0.2) is 41.2 Å². The van der Waals surface area contributed by atoms with E-state index in [9.17, 15) is 5.11 Å². The van der Waals surface area contributed by atoms with E-state index >= 15 is 0 Å². The lowest BCUT2D eigenvalue weighted by Gasteiger charge is -2.33. The van der Waals surface area contributed by atoms with E-state index in [1.807, 2.05) is 20.8 Å². The largest absolute Gasteiger partial charge is 0.393 e. The lowest BCUT2D eigenvalue weighted by molar-refractivity contribution is -0.118. The Morgan fingerprint density at radius 3 is 2.48 bits per heavy atom. The first-order valence-electron chi connectivity index (χ1n) is 7.74. The van der Waals surface area contributed by atoms with E-state index in [1.54, 1.807) is 6.92 Å². The molecule has 1 N–H and O–H groups in total. The third-order valence-corrected chi connectivity index (χ3v) is 4.09. The van der Waals surface area contributed by atoms with Gasteiger partial charge in [0.2, 0.25) is 11.7 Å². The Bertz CT molecular complexity index is 425. The molecule has 1 aliphatic rings. The Kier molecular flexibility index (Phi) is 5.35. The van der Waals surface area contributed by atoms with Gasteiger partial charge in [-0.1, -0.05) is 19.0 Å². The van der Waals surface area contributed by atoms with Crippen molar-refractivity contribution in [2.45, 2.75) is 58.2 Å². The molecular weight excluding hydrogens is 272 g/mol. The van der Waals surface area contributed by atoms with Crippen molar-refractivity contribution in [3.8, 4) is 0 Å². The molecule has 1 aliphatic heterocycles. The summed E-state index contributed by atoms with van der Waals surface area (Å²) in [5, 5.41) is 14.1. The van der Waals surface area contributed by atoms with Crippen LogP contribution in [0.25, 0.3) is 0 Å². The zero-order valence-corrected chi connectivity index (χ0v) is 13.3. The summed E-state index contributed by atoms with van der Waals surface area (Å²) >= 11 is 0. The second-order valence-corrected chi connectivity index (χ2v) is 6.01. The number of hydrogen-bond donors (Lipinski definition) is 1. The molecule has 0 aliphatic carbocycles. The smallest absolute Gasteiger partial charge is 0.232 e. The van der Waals surface area contributed by atoms with E-state index in [1.165, 1.54) is 0 Å². The minimum atomic E-state index is -0.531. The first kappa shape index (κ1) is 16.4. The van der Waals surface area contributed by atoms with Crippen molar-refractivity contribution in [2.24, 2.45) is 5.92 Å². The maximum absolute atomic E-state index is 9.94. The minimum Gasteiger partial charge on any atom is -0.393 e. The fourth-order valence-electron chi connectivity index (χ4n) is 3.01. The molecule has 0 radical (unpaired) electrons. The fraction of sp³-hybridized carbons (Fsp3) is 0.867. The summed E-state index contributed by atoms with van der Waals surface area (Å²) in [5.74, 6) is 1.12. The van der Waals surface area contributed by atoms with Crippen molar-refractivity contribution in [3.05, 3.63) is 11.7 Å². The van der Waals surface area contributed by atoms with Crippen molar-refractivity contribution in [3.63, 3.8) is 0 Å². The molecule has 0 bridgehead atoms. The standard InChI is InChI=1S/C15H26N2O4/c1-5-20-15(6-8-19-9-7-15)14-16-13(21-17-14)12(10(2)3)11(4)18/h10-12,18H,5-9H2,1-4H3. The van der Waals surface area contributed by atoms with Crippen LogP contribution in [-0.2, 0) is 15.1 Å². The Morgan fingerprint density at radius 2 is 1.95 bits per heavy atom. The molecule has 1 aromatic heterocycles. The summed E-state index contributed by atoms with van der Waals surface area (Å²) < 4.78 is 16.8. The lowest BCUT2D eigenvalue weighted by atomic mass is 9.90. The van der Waals surface area contributed by atoms with Gasteiger partial charge in [-0.3, -0.25) is 0 Å². The first-order valence-corrected chi connectivity index (χ1v) is 7.74. The number of aliphatic hydroxyl groups is 1. The highest BCUT2D eigenvalue weighted by Crippen LogP contribution is 2.36. The molecule has 0 spiro atoms. The molecule has 1 aromatic rings. The van der Waals surface area contributed by atoms with Gasteiger partial charge in [-0.15, -0.1) is 0 Å². The quantitative estimate of drug-likeness (QED) is 0.867. The number of aliphatic hydroxyl groups excluding tert-OH is 1. The summed E-state index contributed by atoms with van der Waals surface area (Å²) in [7, 11) is 0. The van der Waals surface area contributed by atoms with Gasteiger partial charge in [0, 0.05) is 32.7 Å². The molecule has 6 heteroatoms. The first-order chi connectivity index (χ1) is 10.00. The second-order valence-electron chi connectivity index (χ2n) is 6.01. The Hall–Kier alpha value is -0.980. The van der Waals surface area contributed by atoms with Crippen molar-refractivity contribution < 1.29 is 19.1 Å². The third kappa shape index (κ3) is 3.44. The number of nitrogens with zero attached hydrogens (tertiary/aromatic N) is 2. The van der Waals surface area contributed by atoms with Gasteiger partial charge in [-0.05, 0) is 19.8 Å². The summed E-state index contributed by atoms with van der Waals surface area (Å²) in [4.78, 5) is 4.55. The molecule has 2 heterocycles. The number of aromatic nitrogens is 2. The summed E-state index contributed by atoms with van der Waals surface area (Å²) in [6.45, 7) is 9.64. The average molecular weight is 298 g/mol. The highest BCUT2D eigenvalue weighted by atomic mass is 16.5. The van der Waals surface area contributed by atoms with Gasteiger partial charge in [0.15, 0.2) is 0 Å². The zero-order valence-electron chi connectivity index (χ0n) is 13.3. The second kappa shape index (κ2) is 6.85. The predicted octanol–water partition coefficient (Wildman–Crippen LogP) is 2.23. The maximum atomic E-state index is 9.94. The normalized spacial score (nSPS) is 21.4. The van der Waals surface area contributed by atoms with Crippen LogP contribution in [0.4, 0.5) is 0 Å². The lowest BCUT2D eigenvalue weighted by Crippen LogP contribution is -2.37. The fourth-order valence-corrected chi connectivity index (χ4v) is 3.01. The molecule has 2 unspecified atom stereocenters. The van der Waals surface area contributed by atoms with E-state index in [2.05, 4.69) is 10.1 Å². The number of hydrogen-bond acceptors (Lipinski definition) is 6. The number of ether oxygens (including phenoxy) is 2. The molecule has 0 saturated carbocycles. The van der Waals surface area contributed by atoms with E-state index in [0.717, 1.165) is 12.8 Å². The van der Waals surface area contributed by atoms with Gasteiger partial charge in [-0.25, -0.2) is 0 Å². The van der Waals surface area contributed by atoms with Crippen molar-refractivity contribution >= 4 is 0 Å². The van der Waals surface area contributed by atoms with Crippen LogP contribution >= 0.6 is 0 Å². The molecule has 6 nitrogen and oxygen atoms in total. The van der Waals surface area contributed by atoms with Crippen LogP contribution in [0, 0.1) is 5.92 Å². The van der Waals surface area contributed by atoms with Gasteiger partial charge in [-0.2, -0.15) is 4.98 Å². The van der Waals surface area contributed by atoms with Crippen LogP contribution < -0.4 is 0 Å². The molecule has 2 atom stereocenters. The van der Waals surface area contributed by atoms with Gasteiger partial charge in [0.1, 0.15) is 5.60 Å². The maximum Gasteiger partial charge on any atom is 0.232 e. The Balaban J connectivity index is 2.28. The molecular formula is C15H26N2O4. The van der Waals surface area contributed by atoms with Crippen LogP contribution in [0.1, 0.15) is 58.2 Å². The van der Waals surface area contributed by atoms with E-state index in [-0.39, 0.29) is 11.8 Å². The molecule has 120 valence electrons. The minimum absolute atomic E-state index is 0.162. The van der Waals surface area contributed by atoms with Crippen molar-refractivity contribution in [1.29, 1.82) is 0 Å². The van der Waals surface area contributed by atoms with Gasteiger partial charge in [0.05, 0.1) is 12.0 Å². The van der Waals surface area contributed by atoms with Crippen molar-refractivity contribution in [1.82, 2.24) is 10.1 Å². The Morgan fingerprint density at radius 1 is 1.29 bits per heavy atom. The summed E-state index contributed by atoms with van der Waals surface area (Å²) in [5.41, 5.74) is -0.519. The van der Waals surface area contributed by atoms with Crippen molar-refractivity contribution in [2.75, 3.05) is 19.8 Å². The van der Waals surface area contributed by atoms with E-state index in [4.69, 9.17) is 14.0 Å². The van der Waals surface area contributed by atoms with Crippen LogP contribution in [0.2, 0.25) is 0 Å². The number of rotatable bonds is 6. The summed E-state index contributed by atoms with van der Waals surface area (Å²) in [6, 6.07) is 0. The molecule has 0 amide bonds. The molecule has 2 rings (SSSR count). The Labute approximate surface area is 125 Å². The zero-order chi connectivity index (χ0) is 15.5. The predicted molar refractivity (Wildman–Crippen MR) is 76.9 cm³/mol. The highest BCUT2D eigenvalue weighted by molar-refractivity contribution is 5.06. The third-order valence-electron chi connectivity index (χ3n) is 4.09. The van der Waals surface area contributed by atoms with E-state index in [0.29, 0.717) is 31.5 Å². The molecule has 0 aromatic carbocycles. The van der Waals surface area contributed by atoms with Gasteiger partial charge >= 0.3 is 0 Å². The monoisotopic (exact) mass is 298 g/mol. The SMILES string of the molecule is CCOC1(c2noc(C(C(C)C)C(C)O)n2)CCOCC1. The van der Waals surface area contributed by atoms with E-state index < -0.39 is 11.7 Å². The van der Waals surface area contributed by atoms with Crippen LogP contribution in [0.15, 0.2) is 4.52 Å². The van der Waals surface area contributed by atoms with Gasteiger partial charge in [0.25, 0.3) is 0 Å². The van der Waals surface area contributed by atoms with Gasteiger partial charge < -0.3 is 19.1 Å². The molecule has 1 fully saturated rings. The molecule has 1 saturated heterocycles. The average Bonchev–Trinajstić information content (AvgIpc) is 2.89. The summed E-state index contributed by atoms with van der Waals surface area (Å²) in [6.07, 6.45) is 0.915. The topological polar surface area (TPSA) is 77.6 Å². The highest BCUT2D eigenvalue weighted by Gasteiger charge is 2.41. The van der Waals surface area contributed by atoms with Crippen LogP contribution in [0.3, 0.4) is 0 Å². The molecule has 21 heavy (non-hydrogen) atoms. The van der Waals surface area contributed by atoms with Crippen LogP contribution in [0.5, 0.6) is 0 Å².